The van der Waals surface area contributed by atoms with Crippen molar-refractivity contribution in [2.24, 2.45) is 5.41 Å². The molecule has 4 rings (SSSR count). The zero-order chi connectivity index (χ0) is 19.0. The predicted octanol–water partition coefficient (Wildman–Crippen LogP) is 2.24. The molecule has 0 radical (unpaired) electrons. The summed E-state index contributed by atoms with van der Waals surface area (Å²) in [5, 5.41) is 11.1. The number of likely N-dealkylation sites (tertiary alicyclic amines) is 2. The molecule has 144 valence electrons. The van der Waals surface area contributed by atoms with E-state index in [1.54, 1.807) is 29.4 Å². The Morgan fingerprint density at radius 3 is 2.85 bits per heavy atom. The van der Waals surface area contributed by atoms with E-state index in [1.165, 1.54) is 0 Å². The number of likely N-dealkylation sites (N-methyl/N-ethyl adjacent to an activating group) is 1. The average molecular weight is 388 g/mol. The van der Waals surface area contributed by atoms with Gasteiger partial charge in [-0.15, -0.1) is 0 Å². The third-order valence-electron chi connectivity index (χ3n) is 5.86. The van der Waals surface area contributed by atoms with Crippen LogP contribution in [0.1, 0.15) is 29.8 Å². The molecule has 2 aliphatic rings. The SMILES string of the molecule is COC1CN(C)C(=O)C2(CCN(C(=O)c3cc(-c4ccsc4)n[nH]3)CC2)C1. The Labute approximate surface area is 162 Å². The number of nitrogens with one attached hydrogen (secondary N) is 1. The standard InChI is InChI=1S/C19H24N4O3S/c1-22-11-14(26-2)10-19(18(22)25)4-6-23(7-5-19)17(24)16-9-15(20-21-16)13-3-8-27-12-13/h3,8-9,12,14H,4-7,10-11H2,1-2H3,(H,20,21). The van der Waals surface area contributed by atoms with Crippen molar-refractivity contribution in [3.8, 4) is 11.3 Å². The lowest BCUT2D eigenvalue weighted by Crippen LogP contribution is -2.57. The molecule has 2 amide bonds. The van der Waals surface area contributed by atoms with Gasteiger partial charge >= 0.3 is 0 Å². The molecule has 2 saturated heterocycles. The third-order valence-corrected chi connectivity index (χ3v) is 6.55. The molecule has 2 fully saturated rings. The van der Waals surface area contributed by atoms with E-state index in [-0.39, 0.29) is 17.9 Å². The average Bonchev–Trinajstić information content (AvgIpc) is 3.37. The van der Waals surface area contributed by atoms with Gasteiger partial charge in [-0.2, -0.15) is 16.4 Å². The molecule has 27 heavy (non-hydrogen) atoms. The molecule has 2 aliphatic heterocycles. The number of thiophene rings is 1. The van der Waals surface area contributed by atoms with Crippen molar-refractivity contribution in [1.82, 2.24) is 20.0 Å². The molecule has 0 bridgehead atoms. The van der Waals surface area contributed by atoms with Gasteiger partial charge in [-0.3, -0.25) is 14.7 Å². The van der Waals surface area contributed by atoms with E-state index >= 15 is 0 Å². The summed E-state index contributed by atoms with van der Waals surface area (Å²) in [6.45, 7) is 1.78. The molecule has 0 aromatic carbocycles. The number of aromatic amines is 1. The molecule has 1 N–H and O–H groups in total. The largest absolute Gasteiger partial charge is 0.380 e. The normalized spacial score (nSPS) is 22.4. The number of H-pyrrole nitrogens is 1. The zero-order valence-electron chi connectivity index (χ0n) is 15.6. The molecule has 4 heterocycles. The number of nitrogens with zero attached hydrogens (tertiary/aromatic N) is 3. The van der Waals surface area contributed by atoms with Crippen LogP contribution in [-0.4, -0.2) is 71.7 Å². The van der Waals surface area contributed by atoms with Gasteiger partial charge in [0.15, 0.2) is 0 Å². The Kier molecular flexibility index (Phi) is 4.77. The van der Waals surface area contributed by atoms with Crippen LogP contribution >= 0.6 is 11.3 Å². The molecule has 0 aliphatic carbocycles. The number of methoxy groups -OCH3 is 1. The van der Waals surface area contributed by atoms with E-state index in [1.807, 2.05) is 28.8 Å². The Balaban J connectivity index is 1.44. The first kappa shape index (κ1) is 18.2. The van der Waals surface area contributed by atoms with E-state index in [0.717, 1.165) is 17.7 Å². The van der Waals surface area contributed by atoms with Gasteiger partial charge in [-0.05, 0) is 36.8 Å². The van der Waals surface area contributed by atoms with Crippen molar-refractivity contribution in [3.05, 3.63) is 28.6 Å². The van der Waals surface area contributed by atoms with E-state index in [0.29, 0.717) is 38.2 Å². The number of piperidine rings is 2. The smallest absolute Gasteiger partial charge is 0.271 e. The Morgan fingerprint density at radius 2 is 2.19 bits per heavy atom. The quantitative estimate of drug-likeness (QED) is 0.875. The van der Waals surface area contributed by atoms with E-state index in [9.17, 15) is 9.59 Å². The summed E-state index contributed by atoms with van der Waals surface area (Å²) in [5.41, 5.74) is 1.88. The van der Waals surface area contributed by atoms with Crippen molar-refractivity contribution in [2.45, 2.75) is 25.4 Å². The van der Waals surface area contributed by atoms with Crippen LogP contribution in [0.4, 0.5) is 0 Å². The van der Waals surface area contributed by atoms with Crippen LogP contribution in [0.2, 0.25) is 0 Å². The summed E-state index contributed by atoms with van der Waals surface area (Å²) in [4.78, 5) is 29.2. The monoisotopic (exact) mass is 388 g/mol. The zero-order valence-corrected chi connectivity index (χ0v) is 16.4. The summed E-state index contributed by atoms with van der Waals surface area (Å²) >= 11 is 1.60. The van der Waals surface area contributed by atoms with Gasteiger partial charge in [0.1, 0.15) is 5.69 Å². The molecule has 0 saturated carbocycles. The van der Waals surface area contributed by atoms with E-state index in [2.05, 4.69) is 10.2 Å². The number of rotatable bonds is 3. The molecule has 2 aromatic heterocycles. The highest BCUT2D eigenvalue weighted by Crippen LogP contribution is 2.41. The molecule has 1 spiro atoms. The fourth-order valence-corrected chi connectivity index (χ4v) is 4.90. The van der Waals surface area contributed by atoms with Crippen LogP contribution in [0.3, 0.4) is 0 Å². The van der Waals surface area contributed by atoms with Crippen LogP contribution in [0, 0.1) is 5.41 Å². The molecule has 1 unspecified atom stereocenters. The van der Waals surface area contributed by atoms with Crippen molar-refractivity contribution >= 4 is 23.2 Å². The summed E-state index contributed by atoms with van der Waals surface area (Å²) in [5.74, 6) is 0.128. The first-order chi connectivity index (χ1) is 13.0. The summed E-state index contributed by atoms with van der Waals surface area (Å²) < 4.78 is 5.53. The predicted molar refractivity (Wildman–Crippen MR) is 103 cm³/mol. The highest BCUT2D eigenvalue weighted by molar-refractivity contribution is 7.08. The van der Waals surface area contributed by atoms with Crippen LogP contribution in [0.15, 0.2) is 22.9 Å². The van der Waals surface area contributed by atoms with Crippen molar-refractivity contribution in [2.75, 3.05) is 33.8 Å². The molecule has 1 atom stereocenters. The van der Waals surface area contributed by atoms with Gasteiger partial charge in [0.25, 0.3) is 5.91 Å². The molecular weight excluding hydrogens is 364 g/mol. The van der Waals surface area contributed by atoms with Crippen molar-refractivity contribution in [1.29, 1.82) is 0 Å². The lowest BCUT2D eigenvalue weighted by atomic mass is 9.71. The van der Waals surface area contributed by atoms with Crippen molar-refractivity contribution < 1.29 is 14.3 Å². The summed E-state index contributed by atoms with van der Waals surface area (Å²) in [6, 6.07) is 3.78. The minimum Gasteiger partial charge on any atom is -0.380 e. The fourth-order valence-electron chi connectivity index (χ4n) is 4.25. The lowest BCUT2D eigenvalue weighted by molar-refractivity contribution is -0.155. The van der Waals surface area contributed by atoms with Gasteiger partial charge in [-0.25, -0.2) is 0 Å². The summed E-state index contributed by atoms with van der Waals surface area (Å²) in [7, 11) is 3.54. The van der Waals surface area contributed by atoms with Gasteiger partial charge in [0, 0.05) is 44.7 Å². The second kappa shape index (κ2) is 7.09. The Morgan fingerprint density at radius 1 is 1.41 bits per heavy atom. The second-order valence-electron chi connectivity index (χ2n) is 7.50. The number of amides is 2. The maximum Gasteiger partial charge on any atom is 0.271 e. The van der Waals surface area contributed by atoms with Gasteiger partial charge < -0.3 is 14.5 Å². The molecule has 7 nitrogen and oxygen atoms in total. The maximum absolute atomic E-state index is 12.9. The van der Waals surface area contributed by atoms with E-state index in [4.69, 9.17) is 4.74 Å². The highest BCUT2D eigenvalue weighted by Gasteiger charge is 2.48. The Hall–Kier alpha value is -2.19. The van der Waals surface area contributed by atoms with E-state index < -0.39 is 5.41 Å². The number of hydrogen-bond acceptors (Lipinski definition) is 5. The summed E-state index contributed by atoms with van der Waals surface area (Å²) in [6.07, 6.45) is 2.15. The van der Waals surface area contributed by atoms with Crippen LogP contribution < -0.4 is 0 Å². The third kappa shape index (κ3) is 3.27. The van der Waals surface area contributed by atoms with Gasteiger partial charge in [0.2, 0.25) is 5.91 Å². The molecular formula is C19H24N4O3S. The number of carbonyl (C=O) groups excluding carboxylic acids is 2. The second-order valence-corrected chi connectivity index (χ2v) is 8.28. The minimum absolute atomic E-state index is 0.0567. The van der Waals surface area contributed by atoms with Crippen LogP contribution in [0.5, 0.6) is 0 Å². The van der Waals surface area contributed by atoms with Gasteiger partial charge in [0.05, 0.1) is 17.2 Å². The number of ether oxygens (including phenoxy) is 1. The number of hydrogen-bond donors (Lipinski definition) is 1. The fraction of sp³-hybridized carbons (Fsp3) is 0.526. The van der Waals surface area contributed by atoms with Gasteiger partial charge in [-0.1, -0.05) is 0 Å². The van der Waals surface area contributed by atoms with Crippen molar-refractivity contribution in [3.63, 3.8) is 0 Å². The molecule has 2 aromatic rings. The highest BCUT2D eigenvalue weighted by atomic mass is 32.1. The maximum atomic E-state index is 12.9. The number of carbonyl (C=O) groups is 2. The lowest BCUT2D eigenvalue weighted by Gasteiger charge is -2.47. The first-order valence-electron chi connectivity index (χ1n) is 9.18. The van der Waals surface area contributed by atoms with Crippen LogP contribution in [-0.2, 0) is 9.53 Å². The topological polar surface area (TPSA) is 78.5 Å². The minimum atomic E-state index is -0.403. The Bertz CT molecular complexity index is 824. The number of aromatic nitrogens is 2. The molecule has 8 heteroatoms. The first-order valence-corrected chi connectivity index (χ1v) is 10.1. The van der Waals surface area contributed by atoms with Crippen LogP contribution in [0.25, 0.3) is 11.3 Å².